The van der Waals surface area contributed by atoms with E-state index in [1.807, 2.05) is 10.6 Å². The Labute approximate surface area is 221 Å². The average Bonchev–Trinajstić information content (AvgIpc) is 3.49. The van der Waals surface area contributed by atoms with E-state index in [-0.39, 0.29) is 16.2 Å². The van der Waals surface area contributed by atoms with E-state index in [1.54, 1.807) is 18.6 Å². The first kappa shape index (κ1) is 26.1. The fraction of sp³-hybridized carbons (Fsp3) is 0.346. The van der Waals surface area contributed by atoms with Crippen LogP contribution in [-0.2, 0) is 12.7 Å². The van der Waals surface area contributed by atoms with E-state index >= 15 is 0 Å². The zero-order chi connectivity index (χ0) is 27.0. The van der Waals surface area contributed by atoms with Crippen molar-refractivity contribution >= 4 is 28.3 Å². The summed E-state index contributed by atoms with van der Waals surface area (Å²) in [5, 5.41) is 0.601. The number of pyridine rings is 1. The molecule has 12 heteroatoms. The van der Waals surface area contributed by atoms with E-state index in [2.05, 4.69) is 26.8 Å². The standard InChI is InChI=1S/C26H27F3N6O2S/c1-16(18-5-3-4-6-19(18)26(27,28)29)37-22-12-23(38-24(22)25(30)36)35-15-32-20-13-31-17(11-21(20)35)14-34-9-7-33(2)8-10-34/h3-6,11-13,15-16H,7-10,14H2,1-2H3,(H2,30,36)/t16-/m1/s1. The van der Waals surface area contributed by atoms with Gasteiger partial charge in [-0.05, 0) is 26.1 Å². The molecule has 2 N–H and O–H groups in total. The predicted molar refractivity (Wildman–Crippen MR) is 139 cm³/mol. The minimum atomic E-state index is -4.54. The number of ether oxygens (including phenoxy) is 1. The molecule has 0 saturated carbocycles. The summed E-state index contributed by atoms with van der Waals surface area (Å²) >= 11 is 1.09. The molecule has 1 amide bonds. The van der Waals surface area contributed by atoms with E-state index < -0.39 is 23.8 Å². The van der Waals surface area contributed by atoms with Gasteiger partial charge in [0, 0.05) is 44.4 Å². The molecule has 200 valence electrons. The minimum absolute atomic E-state index is 0.0316. The van der Waals surface area contributed by atoms with Crippen LogP contribution in [0.1, 0.15) is 39.5 Å². The molecule has 0 unspecified atom stereocenters. The van der Waals surface area contributed by atoms with Crippen molar-refractivity contribution in [2.75, 3.05) is 33.2 Å². The molecule has 0 bridgehead atoms. The Morgan fingerprint density at radius 3 is 2.61 bits per heavy atom. The second-order valence-corrected chi connectivity index (χ2v) is 10.4. The predicted octanol–water partition coefficient (Wildman–Crippen LogP) is 4.49. The quantitative estimate of drug-likeness (QED) is 0.369. The van der Waals surface area contributed by atoms with E-state index in [9.17, 15) is 18.0 Å². The van der Waals surface area contributed by atoms with Crippen molar-refractivity contribution in [2.24, 2.45) is 5.73 Å². The van der Waals surface area contributed by atoms with Gasteiger partial charge in [0.05, 0.1) is 23.0 Å². The van der Waals surface area contributed by atoms with Crippen LogP contribution in [0.15, 0.2) is 48.9 Å². The average molecular weight is 545 g/mol. The molecule has 0 aliphatic carbocycles. The van der Waals surface area contributed by atoms with Gasteiger partial charge in [0.2, 0.25) is 0 Å². The van der Waals surface area contributed by atoms with Crippen molar-refractivity contribution in [3.05, 3.63) is 70.6 Å². The normalized spacial score (nSPS) is 16.1. The lowest BCUT2D eigenvalue weighted by Crippen LogP contribution is -2.44. The maximum Gasteiger partial charge on any atom is 0.416 e. The number of hydrogen-bond acceptors (Lipinski definition) is 7. The highest BCUT2D eigenvalue weighted by Crippen LogP contribution is 2.39. The van der Waals surface area contributed by atoms with Crippen LogP contribution < -0.4 is 10.5 Å². The van der Waals surface area contributed by atoms with Crippen LogP contribution in [0.3, 0.4) is 0 Å². The lowest BCUT2D eigenvalue weighted by molar-refractivity contribution is -0.138. The first-order valence-electron chi connectivity index (χ1n) is 12.1. The number of halogens is 3. The SMILES string of the molecule is C[C@@H](Oc1cc(-n2cnc3cnc(CN4CCN(C)CC4)cc32)sc1C(N)=O)c1ccccc1C(F)(F)F. The number of thiophene rings is 1. The highest BCUT2D eigenvalue weighted by atomic mass is 32.1. The van der Waals surface area contributed by atoms with Crippen LogP contribution >= 0.6 is 11.3 Å². The Balaban J connectivity index is 1.44. The Morgan fingerprint density at radius 1 is 1.16 bits per heavy atom. The lowest BCUT2D eigenvalue weighted by Gasteiger charge is -2.32. The van der Waals surface area contributed by atoms with Gasteiger partial charge in [-0.15, -0.1) is 11.3 Å². The molecule has 1 atom stereocenters. The highest BCUT2D eigenvalue weighted by Gasteiger charge is 2.35. The van der Waals surface area contributed by atoms with Crippen LogP contribution in [0, 0.1) is 0 Å². The number of rotatable bonds is 7. The molecule has 3 aromatic heterocycles. The number of primary amides is 1. The molecule has 0 radical (unpaired) electrons. The van der Waals surface area contributed by atoms with Crippen LogP contribution in [0.5, 0.6) is 5.75 Å². The van der Waals surface area contributed by atoms with Gasteiger partial charge in [-0.2, -0.15) is 13.2 Å². The summed E-state index contributed by atoms with van der Waals surface area (Å²) in [7, 11) is 2.11. The van der Waals surface area contributed by atoms with Gasteiger partial charge in [0.15, 0.2) is 0 Å². The molecule has 1 saturated heterocycles. The van der Waals surface area contributed by atoms with E-state index in [1.165, 1.54) is 25.1 Å². The fourth-order valence-corrected chi connectivity index (χ4v) is 5.48. The Hall–Kier alpha value is -3.48. The number of alkyl halides is 3. The zero-order valence-corrected chi connectivity index (χ0v) is 21.7. The number of nitrogens with two attached hydrogens (primary N) is 1. The number of nitrogens with zero attached hydrogens (tertiary/aromatic N) is 5. The number of carbonyl (C=O) groups excluding carboxylic acids is 1. The number of benzene rings is 1. The molecule has 1 aliphatic rings. The Bertz CT molecular complexity index is 1460. The maximum atomic E-state index is 13.5. The number of imidazole rings is 1. The monoisotopic (exact) mass is 544 g/mol. The highest BCUT2D eigenvalue weighted by molar-refractivity contribution is 7.16. The zero-order valence-electron chi connectivity index (χ0n) is 20.9. The number of piperazine rings is 1. The summed E-state index contributed by atoms with van der Waals surface area (Å²) in [5.74, 6) is -0.607. The van der Waals surface area contributed by atoms with E-state index in [0.29, 0.717) is 17.1 Å². The Morgan fingerprint density at radius 2 is 1.89 bits per heavy atom. The van der Waals surface area contributed by atoms with Gasteiger partial charge in [0.1, 0.15) is 33.6 Å². The maximum absolute atomic E-state index is 13.5. The van der Waals surface area contributed by atoms with Gasteiger partial charge in [-0.3, -0.25) is 19.2 Å². The number of carbonyl (C=O) groups is 1. The molecule has 8 nitrogen and oxygen atoms in total. The summed E-state index contributed by atoms with van der Waals surface area (Å²) in [6.07, 6.45) is -2.18. The molecule has 4 heterocycles. The van der Waals surface area contributed by atoms with Crippen molar-refractivity contribution in [3.63, 3.8) is 0 Å². The summed E-state index contributed by atoms with van der Waals surface area (Å²) in [4.78, 5) is 26.0. The van der Waals surface area contributed by atoms with Crippen molar-refractivity contribution in [3.8, 4) is 10.8 Å². The second kappa shape index (κ2) is 10.4. The van der Waals surface area contributed by atoms with Gasteiger partial charge in [-0.25, -0.2) is 4.98 Å². The Kier molecular flexibility index (Phi) is 7.12. The lowest BCUT2D eigenvalue weighted by atomic mass is 10.0. The first-order valence-corrected chi connectivity index (χ1v) is 12.9. The van der Waals surface area contributed by atoms with Crippen LogP contribution in [0.4, 0.5) is 13.2 Å². The molecule has 0 spiro atoms. The van der Waals surface area contributed by atoms with Gasteiger partial charge >= 0.3 is 6.18 Å². The fourth-order valence-electron chi connectivity index (χ4n) is 4.55. The molecule has 5 rings (SSSR count). The molecule has 38 heavy (non-hydrogen) atoms. The molecule has 1 aromatic carbocycles. The van der Waals surface area contributed by atoms with Crippen molar-refractivity contribution in [1.29, 1.82) is 0 Å². The first-order chi connectivity index (χ1) is 18.1. The van der Waals surface area contributed by atoms with Crippen LogP contribution in [0.25, 0.3) is 16.0 Å². The number of likely N-dealkylation sites (N-methyl/N-ethyl adjacent to an activating group) is 1. The topological polar surface area (TPSA) is 89.5 Å². The number of hydrogen-bond donors (Lipinski definition) is 1. The van der Waals surface area contributed by atoms with E-state index in [0.717, 1.165) is 54.8 Å². The number of amides is 1. The van der Waals surface area contributed by atoms with Gasteiger partial charge in [0.25, 0.3) is 5.91 Å². The molecule has 1 aliphatic heterocycles. The molecular formula is C26H27F3N6O2S. The molecule has 1 fully saturated rings. The third-order valence-electron chi connectivity index (χ3n) is 6.63. The molecule has 4 aromatic rings. The summed E-state index contributed by atoms with van der Waals surface area (Å²) in [5.41, 5.74) is 7.16. The van der Waals surface area contributed by atoms with Gasteiger partial charge in [-0.1, -0.05) is 18.2 Å². The second-order valence-electron chi connectivity index (χ2n) is 9.35. The van der Waals surface area contributed by atoms with Gasteiger partial charge < -0.3 is 15.4 Å². The van der Waals surface area contributed by atoms with Crippen molar-refractivity contribution in [2.45, 2.75) is 25.7 Å². The summed E-state index contributed by atoms with van der Waals surface area (Å²) < 4.78 is 48.3. The third kappa shape index (κ3) is 5.38. The van der Waals surface area contributed by atoms with Crippen LogP contribution in [0.2, 0.25) is 0 Å². The third-order valence-corrected chi connectivity index (χ3v) is 7.76. The van der Waals surface area contributed by atoms with Crippen molar-refractivity contribution in [1.82, 2.24) is 24.3 Å². The summed E-state index contributed by atoms with van der Waals surface area (Å²) in [6.45, 7) is 6.13. The summed E-state index contributed by atoms with van der Waals surface area (Å²) in [6, 6.07) is 8.79. The minimum Gasteiger partial charge on any atom is -0.484 e. The van der Waals surface area contributed by atoms with Crippen LogP contribution in [-0.4, -0.2) is 63.5 Å². The number of fused-ring (bicyclic) bond motifs is 1. The smallest absolute Gasteiger partial charge is 0.416 e. The largest absolute Gasteiger partial charge is 0.484 e. The number of aromatic nitrogens is 3. The van der Waals surface area contributed by atoms with E-state index in [4.69, 9.17) is 10.5 Å². The molecular weight excluding hydrogens is 517 g/mol. The van der Waals surface area contributed by atoms with Crippen molar-refractivity contribution < 1.29 is 22.7 Å².